The molecule has 54 heavy (non-hydrogen) atoms. The van der Waals surface area contributed by atoms with Crippen LogP contribution in [-0.4, -0.2) is 26.4 Å². The molecule has 0 amide bonds. The molecule has 5 aromatic carbocycles. The van der Waals surface area contributed by atoms with Gasteiger partial charge in [0.25, 0.3) is 0 Å². The van der Waals surface area contributed by atoms with E-state index in [-0.39, 0.29) is 10.8 Å². The van der Waals surface area contributed by atoms with E-state index in [9.17, 15) is 0 Å². The van der Waals surface area contributed by atoms with Crippen LogP contribution in [0.25, 0.3) is 0 Å². The summed E-state index contributed by atoms with van der Waals surface area (Å²) in [6, 6.07) is 25.9. The summed E-state index contributed by atoms with van der Waals surface area (Å²) in [4.78, 5) is 4.58. The van der Waals surface area contributed by atoms with Gasteiger partial charge in [0, 0.05) is 12.1 Å². The third-order valence-corrected chi connectivity index (χ3v) is 10.8. The Morgan fingerprint density at radius 1 is 0.463 bits per heavy atom. The lowest BCUT2D eigenvalue weighted by molar-refractivity contribution is 0.171. The monoisotopic (exact) mass is 744 g/mol. The molecule has 0 radical (unpaired) electrons. The first-order chi connectivity index (χ1) is 25.5. The number of hydrogen-bond acceptors (Lipinski definition) is 6. The van der Waals surface area contributed by atoms with Gasteiger partial charge in [-0.3, -0.25) is 0 Å². The number of aryl methyl sites for hydroxylation is 5. The Labute approximate surface area is 326 Å². The van der Waals surface area contributed by atoms with Crippen molar-refractivity contribution in [2.45, 2.75) is 87.0 Å². The van der Waals surface area contributed by atoms with Gasteiger partial charge in [-0.05, 0) is 121 Å². The molecule has 6 nitrogen and oxygen atoms in total. The highest BCUT2D eigenvalue weighted by Crippen LogP contribution is 2.52. The molecule has 0 saturated heterocycles. The molecule has 0 saturated carbocycles. The minimum Gasteiger partial charge on any atom is -0.486 e. The van der Waals surface area contributed by atoms with Gasteiger partial charge in [0.05, 0.1) is 39.1 Å². The number of anilines is 6. The van der Waals surface area contributed by atoms with Gasteiger partial charge in [-0.1, -0.05) is 77.4 Å². The van der Waals surface area contributed by atoms with Crippen molar-refractivity contribution in [3.05, 3.63) is 117 Å². The van der Waals surface area contributed by atoms with Crippen LogP contribution in [-0.2, 0) is 10.8 Å². The number of nitrogens with zero attached hydrogens (tertiary/aromatic N) is 2. The molecule has 7 heteroatoms. The SMILES string of the molecule is Cc1cc(N(c2ccc3c(c2)OCCO3)c2c(C)cc(C(C)(C)C)cc2C)c(Cl)c(N(c2ccc3c(c2)OCCO3)c2c(C)cc(C(C)(C)C)cc2C)c1. The molecular weight excluding hydrogens is 692 g/mol. The second-order valence-electron chi connectivity index (χ2n) is 16.9. The number of hydrogen-bond donors (Lipinski definition) is 0. The summed E-state index contributed by atoms with van der Waals surface area (Å²) in [6.07, 6.45) is 0. The van der Waals surface area contributed by atoms with E-state index < -0.39 is 0 Å². The molecule has 0 spiro atoms. The Morgan fingerprint density at radius 2 is 0.796 bits per heavy atom. The van der Waals surface area contributed by atoms with Gasteiger partial charge in [-0.25, -0.2) is 0 Å². The normalized spacial score (nSPS) is 13.9. The van der Waals surface area contributed by atoms with Crippen LogP contribution >= 0.6 is 11.6 Å². The number of benzene rings is 5. The van der Waals surface area contributed by atoms with Crippen LogP contribution in [0.1, 0.15) is 80.5 Å². The molecule has 0 N–H and O–H groups in total. The zero-order chi connectivity index (χ0) is 38.7. The molecule has 0 atom stereocenters. The van der Waals surface area contributed by atoms with E-state index >= 15 is 0 Å². The lowest BCUT2D eigenvalue weighted by atomic mass is 9.84. The van der Waals surface area contributed by atoms with Crippen molar-refractivity contribution in [2.75, 3.05) is 36.2 Å². The Morgan fingerprint density at radius 3 is 1.13 bits per heavy atom. The summed E-state index contributed by atoms with van der Waals surface area (Å²) in [7, 11) is 0. The van der Waals surface area contributed by atoms with Crippen LogP contribution < -0.4 is 28.7 Å². The Bertz CT molecular complexity index is 2050. The van der Waals surface area contributed by atoms with Crippen molar-refractivity contribution in [3.63, 3.8) is 0 Å². The molecule has 0 fully saturated rings. The van der Waals surface area contributed by atoms with Gasteiger partial charge < -0.3 is 28.7 Å². The molecule has 282 valence electrons. The fourth-order valence-electron chi connectivity index (χ4n) is 7.66. The minimum atomic E-state index is -0.00752. The molecule has 0 aliphatic carbocycles. The molecule has 0 unspecified atom stereocenters. The van der Waals surface area contributed by atoms with Crippen LogP contribution in [0.3, 0.4) is 0 Å². The maximum absolute atomic E-state index is 7.88. The molecule has 0 aromatic heterocycles. The molecule has 5 aromatic rings. The quantitative estimate of drug-likeness (QED) is 0.172. The van der Waals surface area contributed by atoms with Crippen molar-refractivity contribution in [1.82, 2.24) is 0 Å². The fraction of sp³-hybridized carbons (Fsp3) is 0.362. The van der Waals surface area contributed by atoms with Crippen molar-refractivity contribution in [3.8, 4) is 23.0 Å². The van der Waals surface area contributed by atoms with Crippen LogP contribution in [0, 0.1) is 34.6 Å². The van der Waals surface area contributed by atoms with Gasteiger partial charge in [-0.2, -0.15) is 0 Å². The fourth-order valence-corrected chi connectivity index (χ4v) is 7.94. The van der Waals surface area contributed by atoms with Gasteiger partial charge in [0.1, 0.15) is 26.4 Å². The summed E-state index contributed by atoms with van der Waals surface area (Å²) in [5.74, 6) is 2.92. The van der Waals surface area contributed by atoms with Crippen LogP contribution in [0.15, 0.2) is 72.8 Å². The van der Waals surface area contributed by atoms with Gasteiger partial charge in [-0.15, -0.1) is 0 Å². The van der Waals surface area contributed by atoms with E-state index in [1.165, 1.54) is 11.1 Å². The summed E-state index contributed by atoms with van der Waals surface area (Å²) in [5, 5.41) is 0.614. The second kappa shape index (κ2) is 14.1. The van der Waals surface area contributed by atoms with Gasteiger partial charge >= 0.3 is 0 Å². The van der Waals surface area contributed by atoms with Crippen molar-refractivity contribution in [1.29, 1.82) is 0 Å². The first-order valence-electron chi connectivity index (χ1n) is 18.9. The first-order valence-corrected chi connectivity index (χ1v) is 19.3. The third-order valence-electron chi connectivity index (χ3n) is 10.4. The minimum absolute atomic E-state index is 0.00752. The van der Waals surface area contributed by atoms with Crippen LogP contribution in [0.4, 0.5) is 34.1 Å². The first kappa shape index (κ1) is 37.5. The Hall–Kier alpha value is -4.81. The number of fused-ring (bicyclic) bond motifs is 2. The topological polar surface area (TPSA) is 43.4 Å². The van der Waals surface area contributed by atoms with Crippen molar-refractivity contribution >= 4 is 45.7 Å². The molecule has 2 heterocycles. The Kier molecular flexibility index (Phi) is 9.80. The summed E-state index contributed by atoms with van der Waals surface area (Å²) in [5.41, 5.74) is 14.0. The Balaban J connectivity index is 1.51. The average Bonchev–Trinajstić information content (AvgIpc) is 3.11. The molecule has 0 bridgehead atoms. The number of rotatable bonds is 6. The zero-order valence-electron chi connectivity index (χ0n) is 33.7. The lowest BCUT2D eigenvalue weighted by Crippen LogP contribution is -2.20. The van der Waals surface area contributed by atoms with E-state index in [4.69, 9.17) is 30.5 Å². The van der Waals surface area contributed by atoms with Gasteiger partial charge in [0.2, 0.25) is 0 Å². The van der Waals surface area contributed by atoms with E-state index in [1.54, 1.807) is 0 Å². The number of ether oxygens (including phenoxy) is 4. The van der Waals surface area contributed by atoms with Crippen LogP contribution in [0.2, 0.25) is 5.02 Å². The highest BCUT2D eigenvalue weighted by molar-refractivity contribution is 6.37. The predicted octanol–water partition coefficient (Wildman–Crippen LogP) is 13.0. The summed E-state index contributed by atoms with van der Waals surface area (Å²) < 4.78 is 24.2. The van der Waals surface area contributed by atoms with E-state index in [0.29, 0.717) is 31.5 Å². The summed E-state index contributed by atoms with van der Waals surface area (Å²) in [6.45, 7) is 26.5. The average molecular weight is 745 g/mol. The third kappa shape index (κ3) is 7.09. The predicted molar refractivity (Wildman–Crippen MR) is 224 cm³/mol. The highest BCUT2D eigenvalue weighted by Gasteiger charge is 2.30. The van der Waals surface area contributed by atoms with Crippen LogP contribution in [0.5, 0.6) is 23.0 Å². The smallest absolute Gasteiger partial charge is 0.163 e. The van der Waals surface area contributed by atoms with E-state index in [1.807, 2.05) is 12.1 Å². The molecule has 7 rings (SSSR count). The maximum atomic E-state index is 7.88. The van der Waals surface area contributed by atoms with E-state index in [2.05, 4.69) is 147 Å². The molecule has 2 aliphatic rings. The highest BCUT2D eigenvalue weighted by atomic mass is 35.5. The zero-order valence-corrected chi connectivity index (χ0v) is 34.4. The largest absolute Gasteiger partial charge is 0.486 e. The van der Waals surface area contributed by atoms with Crippen molar-refractivity contribution in [2.24, 2.45) is 0 Å². The summed E-state index contributed by atoms with van der Waals surface area (Å²) >= 11 is 7.88. The van der Waals surface area contributed by atoms with E-state index in [0.717, 1.165) is 84.9 Å². The number of halogens is 1. The standard InChI is InChI=1S/C47H53ClN2O4/c1-28-20-37(49(35-12-14-39-41(26-35)53-18-16-51-39)44-29(2)22-33(23-30(44)3)46(6,7)8)43(48)38(21-28)50(36-13-15-40-42(27-36)54-19-17-52-40)45-31(4)24-34(25-32(45)5)47(9,10)11/h12-15,20-27H,16-19H2,1-11H3. The molecular formula is C47H53ClN2O4. The van der Waals surface area contributed by atoms with Crippen molar-refractivity contribution < 1.29 is 18.9 Å². The molecule has 2 aliphatic heterocycles. The second-order valence-corrected chi connectivity index (χ2v) is 17.2. The maximum Gasteiger partial charge on any atom is 0.163 e. The van der Waals surface area contributed by atoms with Gasteiger partial charge in [0.15, 0.2) is 23.0 Å². The lowest BCUT2D eigenvalue weighted by Gasteiger charge is -2.35.